The van der Waals surface area contributed by atoms with E-state index in [1.807, 2.05) is 0 Å². The van der Waals surface area contributed by atoms with E-state index < -0.39 is 25.8 Å². The molecule has 2 aromatic rings. The van der Waals surface area contributed by atoms with E-state index in [0.717, 1.165) is 9.87 Å². The van der Waals surface area contributed by atoms with Gasteiger partial charge in [0.2, 0.25) is 15.9 Å². The summed E-state index contributed by atoms with van der Waals surface area (Å²) in [6.07, 6.45) is 1.32. The fourth-order valence-electron chi connectivity index (χ4n) is 2.71. The molecule has 0 aliphatic rings. The van der Waals surface area contributed by atoms with Crippen molar-refractivity contribution < 1.29 is 21.6 Å². The number of amides is 1. The molecule has 1 amide bonds. The normalized spacial score (nSPS) is 11.9. The lowest BCUT2D eigenvalue weighted by molar-refractivity contribution is -0.114. The Balaban J connectivity index is 2.17. The lowest BCUT2D eigenvalue weighted by Crippen LogP contribution is -2.24. The van der Waals surface area contributed by atoms with Crippen LogP contribution in [0, 0.1) is 13.8 Å². The van der Waals surface area contributed by atoms with Crippen LogP contribution in [0.25, 0.3) is 0 Å². The van der Waals surface area contributed by atoms with E-state index in [1.54, 1.807) is 26.0 Å². The van der Waals surface area contributed by atoms with Crippen molar-refractivity contribution in [1.29, 1.82) is 0 Å². The number of carbonyl (C=O) groups excluding carboxylic acids is 1. The number of hydrogen-bond donors (Lipinski definition) is 2. The largest absolute Gasteiger partial charge is 0.376 e. The molecular formula is C21H27N3O5S2. The summed E-state index contributed by atoms with van der Waals surface area (Å²) in [6.45, 7) is 6.88. The van der Waals surface area contributed by atoms with Gasteiger partial charge in [0.15, 0.2) is 9.84 Å². The topological polar surface area (TPSA) is 113 Å². The maximum atomic E-state index is 12.5. The van der Waals surface area contributed by atoms with Gasteiger partial charge in [-0.3, -0.25) is 4.79 Å². The molecule has 0 fully saturated rings. The second kappa shape index (κ2) is 9.63. The zero-order valence-corrected chi connectivity index (χ0v) is 19.6. The number of carbonyl (C=O) groups is 1. The van der Waals surface area contributed by atoms with Crippen molar-refractivity contribution in [3.8, 4) is 0 Å². The molecule has 31 heavy (non-hydrogen) atoms. The Labute approximate surface area is 183 Å². The zero-order valence-electron chi connectivity index (χ0n) is 18.0. The van der Waals surface area contributed by atoms with Crippen LogP contribution in [-0.4, -0.2) is 53.4 Å². The van der Waals surface area contributed by atoms with Crippen LogP contribution in [0.3, 0.4) is 0 Å². The van der Waals surface area contributed by atoms with E-state index in [1.165, 1.54) is 44.4 Å². The summed E-state index contributed by atoms with van der Waals surface area (Å²) >= 11 is 0. The van der Waals surface area contributed by atoms with E-state index in [2.05, 4.69) is 17.2 Å². The van der Waals surface area contributed by atoms with Gasteiger partial charge >= 0.3 is 0 Å². The molecule has 2 rings (SSSR count). The number of rotatable bonds is 9. The lowest BCUT2D eigenvalue weighted by atomic mass is 10.2. The summed E-state index contributed by atoms with van der Waals surface area (Å²) in [6, 6.07) is 9.18. The zero-order chi connectivity index (χ0) is 23.4. The van der Waals surface area contributed by atoms with Crippen molar-refractivity contribution in [2.24, 2.45) is 0 Å². The molecule has 2 N–H and O–H groups in total. The van der Waals surface area contributed by atoms with Crippen molar-refractivity contribution in [2.45, 2.75) is 23.6 Å². The van der Waals surface area contributed by atoms with Gasteiger partial charge in [-0.05, 0) is 49.2 Å². The minimum absolute atomic E-state index is 0.0716. The quantitative estimate of drug-likeness (QED) is 0.551. The fourth-order valence-corrected chi connectivity index (χ4v) is 4.72. The van der Waals surface area contributed by atoms with Crippen LogP contribution in [0.5, 0.6) is 0 Å². The van der Waals surface area contributed by atoms with E-state index >= 15 is 0 Å². The number of sulfone groups is 1. The van der Waals surface area contributed by atoms with Gasteiger partial charge in [0, 0.05) is 25.5 Å². The average molecular weight is 466 g/mol. The van der Waals surface area contributed by atoms with Crippen LogP contribution in [0.4, 0.5) is 11.4 Å². The van der Waals surface area contributed by atoms with Crippen LogP contribution < -0.4 is 10.6 Å². The Morgan fingerprint density at radius 1 is 0.968 bits per heavy atom. The van der Waals surface area contributed by atoms with Crippen LogP contribution in [-0.2, 0) is 24.7 Å². The first-order valence-electron chi connectivity index (χ1n) is 9.39. The predicted octanol–water partition coefficient (Wildman–Crippen LogP) is 2.56. The highest BCUT2D eigenvalue weighted by Crippen LogP contribution is 2.23. The summed E-state index contributed by atoms with van der Waals surface area (Å²) in [5, 5.41) is 5.64. The van der Waals surface area contributed by atoms with Gasteiger partial charge in [-0.2, -0.15) is 0 Å². The van der Waals surface area contributed by atoms with Gasteiger partial charge in [0.25, 0.3) is 0 Å². The number of aryl methyl sites for hydroxylation is 2. The summed E-state index contributed by atoms with van der Waals surface area (Å²) in [5.41, 5.74) is 2.38. The first-order valence-corrected chi connectivity index (χ1v) is 12.5. The standard InChI is InChI=1S/C21H27N3O5S2/c1-6-11-30(26,27)17-9-7-15(2)19(12-17)22-14-21(25)23-20-13-18(10-8-16(20)3)31(28,29)24(4)5/h6-10,12-13,22H,1,11,14H2,2-5H3,(H,23,25). The Morgan fingerprint density at radius 2 is 1.52 bits per heavy atom. The highest BCUT2D eigenvalue weighted by molar-refractivity contribution is 7.91. The summed E-state index contributed by atoms with van der Waals surface area (Å²) in [4.78, 5) is 12.7. The summed E-state index contributed by atoms with van der Waals surface area (Å²) < 4.78 is 50.3. The van der Waals surface area contributed by atoms with Gasteiger partial charge in [0.05, 0.1) is 22.1 Å². The number of nitrogens with one attached hydrogen (secondary N) is 2. The van der Waals surface area contributed by atoms with Crippen LogP contribution in [0.1, 0.15) is 11.1 Å². The van der Waals surface area contributed by atoms with Gasteiger partial charge in [-0.25, -0.2) is 21.1 Å². The summed E-state index contributed by atoms with van der Waals surface area (Å²) in [7, 11) is -4.25. The third-order valence-corrected chi connectivity index (χ3v) is 8.06. The Hall–Kier alpha value is -2.69. The monoisotopic (exact) mass is 465 g/mol. The van der Waals surface area contributed by atoms with Crippen LogP contribution in [0.2, 0.25) is 0 Å². The number of benzene rings is 2. The molecule has 0 saturated carbocycles. The minimum atomic E-state index is -3.63. The molecule has 0 aliphatic heterocycles. The minimum Gasteiger partial charge on any atom is -0.376 e. The molecule has 0 aromatic heterocycles. The van der Waals surface area contributed by atoms with Gasteiger partial charge in [-0.15, -0.1) is 6.58 Å². The Kier molecular flexibility index (Phi) is 7.63. The van der Waals surface area contributed by atoms with E-state index in [0.29, 0.717) is 16.9 Å². The number of hydrogen-bond acceptors (Lipinski definition) is 6. The van der Waals surface area contributed by atoms with E-state index in [-0.39, 0.29) is 22.1 Å². The Bertz CT molecular complexity index is 1200. The third-order valence-electron chi connectivity index (χ3n) is 4.61. The molecule has 0 spiro atoms. The molecule has 0 aliphatic carbocycles. The molecule has 0 bridgehead atoms. The number of nitrogens with zero attached hydrogens (tertiary/aromatic N) is 1. The fraction of sp³-hybridized carbons (Fsp3) is 0.286. The lowest BCUT2D eigenvalue weighted by Gasteiger charge is -2.15. The molecular weight excluding hydrogens is 438 g/mol. The molecule has 168 valence electrons. The SMILES string of the molecule is C=CCS(=O)(=O)c1ccc(C)c(NCC(=O)Nc2cc(S(=O)(=O)N(C)C)ccc2C)c1. The maximum Gasteiger partial charge on any atom is 0.243 e. The predicted molar refractivity (Wildman–Crippen MR) is 123 cm³/mol. The first-order chi connectivity index (χ1) is 14.4. The number of sulfonamides is 1. The highest BCUT2D eigenvalue weighted by atomic mass is 32.2. The molecule has 0 unspecified atom stereocenters. The van der Waals surface area contributed by atoms with E-state index in [9.17, 15) is 21.6 Å². The van der Waals surface area contributed by atoms with Gasteiger partial charge in [0.1, 0.15) is 0 Å². The van der Waals surface area contributed by atoms with E-state index in [4.69, 9.17) is 0 Å². The second-order valence-electron chi connectivity index (χ2n) is 7.21. The van der Waals surface area contributed by atoms with Gasteiger partial charge in [-0.1, -0.05) is 18.2 Å². The molecule has 8 nitrogen and oxygen atoms in total. The first kappa shape index (κ1) is 24.6. The third kappa shape index (κ3) is 5.93. The van der Waals surface area contributed by atoms with Crippen molar-refractivity contribution in [3.05, 3.63) is 60.2 Å². The van der Waals surface area contributed by atoms with Crippen molar-refractivity contribution in [1.82, 2.24) is 4.31 Å². The van der Waals surface area contributed by atoms with Crippen molar-refractivity contribution >= 4 is 37.1 Å². The van der Waals surface area contributed by atoms with Gasteiger partial charge < -0.3 is 10.6 Å². The van der Waals surface area contributed by atoms with Crippen LogP contribution in [0.15, 0.2) is 58.8 Å². The van der Waals surface area contributed by atoms with Crippen molar-refractivity contribution in [3.63, 3.8) is 0 Å². The smallest absolute Gasteiger partial charge is 0.243 e. The molecule has 0 heterocycles. The Morgan fingerprint density at radius 3 is 2.10 bits per heavy atom. The molecule has 0 saturated heterocycles. The molecule has 10 heteroatoms. The molecule has 2 aromatic carbocycles. The molecule has 0 radical (unpaired) electrons. The number of anilines is 2. The average Bonchev–Trinajstić information content (AvgIpc) is 2.68. The molecule has 0 atom stereocenters. The second-order valence-corrected chi connectivity index (χ2v) is 11.4. The van der Waals surface area contributed by atoms with Crippen LogP contribution >= 0.6 is 0 Å². The summed E-state index contributed by atoms with van der Waals surface area (Å²) in [5.74, 6) is -0.581. The van der Waals surface area contributed by atoms with Crippen molar-refractivity contribution in [2.75, 3.05) is 37.0 Å². The highest BCUT2D eigenvalue weighted by Gasteiger charge is 2.19. The maximum absolute atomic E-state index is 12.5.